The van der Waals surface area contributed by atoms with E-state index < -0.39 is 35.2 Å². The fraction of sp³-hybridized carbons (Fsp3) is 0.158. The van der Waals surface area contributed by atoms with Crippen LogP contribution in [0.25, 0.3) is 10.4 Å². The first-order valence-electron chi connectivity index (χ1n) is 8.54. The standard InChI is InChI=1S/C19H16FN2O5PS2.H3N/c1-13-2-3-15(12-22-13)18-6-7-19(29-18)30(25,26)9-8-28(23,24)27-16-5-4-14(11-21)17(20)10-16;/h2-7,10,12H,8-9H2,1H3,(H,23,24);1H3. The lowest BCUT2D eigenvalue weighted by atomic mass is 10.2. The third-order valence-corrected chi connectivity index (χ3v) is 9.02. The summed E-state index contributed by atoms with van der Waals surface area (Å²) in [6, 6.07) is 11.3. The largest absolute Gasteiger partial charge is 0.769 e. The highest BCUT2D eigenvalue weighted by Gasteiger charge is 2.22. The SMILES string of the molecule is Cc1ccc(-c2ccc(S(=O)(=O)CCP(=O)([O-])Oc3ccc(C#N)c(F)c3)s2)cn1.[NH4+]. The molecule has 0 spiro atoms. The number of hydrogen-bond acceptors (Lipinski definition) is 8. The molecule has 12 heteroatoms. The normalized spacial score (nSPS) is 13.0. The molecule has 1 atom stereocenters. The van der Waals surface area contributed by atoms with Crippen LogP contribution in [0, 0.1) is 24.1 Å². The summed E-state index contributed by atoms with van der Waals surface area (Å²) in [7, 11) is -8.49. The van der Waals surface area contributed by atoms with Crippen LogP contribution >= 0.6 is 18.9 Å². The van der Waals surface area contributed by atoms with Crippen molar-refractivity contribution in [2.24, 2.45) is 0 Å². The minimum Gasteiger partial charge on any atom is -0.769 e. The maximum atomic E-state index is 13.6. The molecule has 164 valence electrons. The zero-order chi connectivity index (χ0) is 21.9. The lowest BCUT2D eigenvalue weighted by molar-refractivity contribution is -0.190. The van der Waals surface area contributed by atoms with E-state index in [9.17, 15) is 22.3 Å². The molecular weight excluding hydrogens is 464 g/mol. The molecule has 0 aliphatic rings. The molecule has 0 aliphatic carbocycles. The molecule has 0 fully saturated rings. The molecule has 0 saturated heterocycles. The van der Waals surface area contributed by atoms with Crippen molar-refractivity contribution in [2.75, 3.05) is 11.9 Å². The summed E-state index contributed by atoms with van der Waals surface area (Å²) < 4.78 is 55.7. The zero-order valence-corrected chi connectivity index (χ0v) is 19.1. The molecule has 2 heterocycles. The highest BCUT2D eigenvalue weighted by molar-refractivity contribution is 7.93. The van der Waals surface area contributed by atoms with E-state index in [-0.39, 0.29) is 21.7 Å². The third kappa shape index (κ3) is 6.19. The van der Waals surface area contributed by atoms with Crippen molar-refractivity contribution >= 4 is 28.8 Å². The van der Waals surface area contributed by atoms with Gasteiger partial charge < -0.3 is 15.6 Å². The van der Waals surface area contributed by atoms with Gasteiger partial charge in [-0.05, 0) is 37.3 Å². The van der Waals surface area contributed by atoms with E-state index in [0.29, 0.717) is 4.88 Å². The van der Waals surface area contributed by atoms with Gasteiger partial charge in [0.05, 0.1) is 11.3 Å². The molecular formula is C19H19FN3O5PS2. The first-order chi connectivity index (χ1) is 14.1. The number of benzene rings is 1. The third-order valence-electron chi connectivity index (χ3n) is 4.02. The summed E-state index contributed by atoms with van der Waals surface area (Å²) in [5, 5.41) is 8.69. The summed E-state index contributed by atoms with van der Waals surface area (Å²) in [6.07, 6.45) is 0.851. The highest BCUT2D eigenvalue weighted by atomic mass is 32.2. The quantitative estimate of drug-likeness (QED) is 0.499. The predicted octanol–water partition coefficient (Wildman–Crippen LogP) is 3.91. The van der Waals surface area contributed by atoms with Gasteiger partial charge in [-0.15, -0.1) is 11.3 Å². The van der Waals surface area contributed by atoms with Crippen molar-refractivity contribution in [2.45, 2.75) is 11.1 Å². The van der Waals surface area contributed by atoms with Crippen LogP contribution in [0.15, 0.2) is 52.9 Å². The molecule has 2 aromatic heterocycles. The molecule has 0 saturated carbocycles. The zero-order valence-electron chi connectivity index (χ0n) is 16.6. The lowest BCUT2D eigenvalue weighted by Crippen LogP contribution is -2.18. The van der Waals surface area contributed by atoms with E-state index in [1.54, 1.807) is 24.4 Å². The Bertz CT molecular complexity index is 1270. The minimum atomic E-state index is -4.62. The summed E-state index contributed by atoms with van der Waals surface area (Å²) in [5.74, 6) is -1.94. The van der Waals surface area contributed by atoms with Crippen LogP contribution in [0.2, 0.25) is 0 Å². The molecule has 31 heavy (non-hydrogen) atoms. The second-order valence-electron chi connectivity index (χ2n) is 6.31. The van der Waals surface area contributed by atoms with Crippen LogP contribution in [0.3, 0.4) is 0 Å². The number of halogens is 1. The molecule has 1 aromatic carbocycles. The number of thiophene rings is 1. The number of quaternary nitrogens is 1. The van der Waals surface area contributed by atoms with Gasteiger partial charge in [0, 0.05) is 34.6 Å². The molecule has 1 unspecified atom stereocenters. The molecule has 0 aliphatic heterocycles. The first-order valence-corrected chi connectivity index (χ1v) is 12.7. The summed E-state index contributed by atoms with van der Waals surface area (Å²) in [4.78, 5) is 17.0. The van der Waals surface area contributed by atoms with Crippen molar-refractivity contribution in [1.82, 2.24) is 11.1 Å². The van der Waals surface area contributed by atoms with Gasteiger partial charge in [-0.2, -0.15) is 5.26 Å². The monoisotopic (exact) mass is 483 g/mol. The van der Waals surface area contributed by atoms with Gasteiger partial charge in [-0.3, -0.25) is 9.55 Å². The van der Waals surface area contributed by atoms with Crippen LogP contribution < -0.4 is 15.6 Å². The van der Waals surface area contributed by atoms with Crippen molar-refractivity contribution in [1.29, 1.82) is 5.26 Å². The van der Waals surface area contributed by atoms with E-state index in [4.69, 9.17) is 9.79 Å². The molecule has 8 nitrogen and oxygen atoms in total. The van der Waals surface area contributed by atoms with E-state index in [2.05, 4.69) is 4.98 Å². The van der Waals surface area contributed by atoms with Gasteiger partial charge in [0.1, 0.15) is 21.8 Å². The van der Waals surface area contributed by atoms with Crippen molar-refractivity contribution in [3.05, 3.63) is 65.7 Å². The maximum Gasteiger partial charge on any atom is 0.188 e. The van der Waals surface area contributed by atoms with Gasteiger partial charge in [0.2, 0.25) is 0 Å². The number of pyridine rings is 1. The molecule has 0 bridgehead atoms. The fourth-order valence-corrected chi connectivity index (χ4v) is 7.05. The Balaban J connectivity index is 0.00000341. The molecule has 4 N–H and O–H groups in total. The maximum absolute atomic E-state index is 13.6. The fourth-order valence-electron chi connectivity index (χ4n) is 2.44. The van der Waals surface area contributed by atoms with E-state index >= 15 is 0 Å². The minimum absolute atomic E-state index is 0. The Kier molecular flexibility index (Phi) is 7.70. The number of nitrogens with zero attached hydrogens (tertiary/aromatic N) is 2. The Labute approximate surface area is 183 Å². The molecule has 0 radical (unpaired) electrons. The summed E-state index contributed by atoms with van der Waals surface area (Å²) >= 11 is 1.02. The van der Waals surface area contributed by atoms with Crippen LogP contribution in [-0.4, -0.2) is 25.3 Å². The average Bonchev–Trinajstić information content (AvgIpc) is 3.18. The second kappa shape index (κ2) is 9.68. The van der Waals surface area contributed by atoms with E-state index in [0.717, 1.165) is 40.8 Å². The van der Waals surface area contributed by atoms with Crippen LogP contribution in [0.5, 0.6) is 5.75 Å². The molecule has 3 rings (SSSR count). The van der Waals surface area contributed by atoms with Crippen molar-refractivity contribution in [3.8, 4) is 22.3 Å². The number of rotatable bonds is 7. The van der Waals surface area contributed by atoms with Crippen LogP contribution in [-0.2, 0) is 14.4 Å². The lowest BCUT2D eigenvalue weighted by Gasteiger charge is -2.23. The second-order valence-corrected chi connectivity index (χ2v) is 11.6. The van der Waals surface area contributed by atoms with Crippen molar-refractivity contribution < 1.29 is 26.8 Å². The van der Waals surface area contributed by atoms with Gasteiger partial charge in [-0.1, -0.05) is 6.07 Å². The first kappa shape index (κ1) is 24.7. The number of aryl methyl sites for hydroxylation is 1. The van der Waals surface area contributed by atoms with Gasteiger partial charge in [-0.25, -0.2) is 12.8 Å². The van der Waals surface area contributed by atoms with Crippen LogP contribution in [0.4, 0.5) is 4.39 Å². The Morgan fingerprint density at radius 1 is 1.26 bits per heavy atom. The topological polar surface area (TPSA) is 157 Å². The van der Waals surface area contributed by atoms with Gasteiger partial charge in [0.15, 0.2) is 17.4 Å². The Hall–Kier alpha value is -2.61. The van der Waals surface area contributed by atoms with Crippen LogP contribution in [0.1, 0.15) is 11.3 Å². The molecule has 0 amide bonds. The van der Waals surface area contributed by atoms with Gasteiger partial charge in [0.25, 0.3) is 0 Å². The number of sulfone groups is 1. The molecule has 3 aromatic rings. The predicted molar refractivity (Wildman–Crippen MR) is 115 cm³/mol. The Morgan fingerprint density at radius 3 is 2.61 bits per heavy atom. The number of aromatic nitrogens is 1. The average molecular weight is 483 g/mol. The highest BCUT2D eigenvalue weighted by Crippen LogP contribution is 2.40. The smallest absolute Gasteiger partial charge is 0.188 e. The number of nitriles is 1. The summed E-state index contributed by atoms with van der Waals surface area (Å²) in [6.45, 7) is 1.84. The number of hydrogen-bond donors (Lipinski definition) is 1. The van der Waals surface area contributed by atoms with Crippen molar-refractivity contribution in [3.63, 3.8) is 0 Å². The summed E-state index contributed by atoms with van der Waals surface area (Å²) in [5.41, 5.74) is 1.33. The van der Waals surface area contributed by atoms with E-state index in [1.165, 1.54) is 6.07 Å². The Morgan fingerprint density at radius 2 is 2.00 bits per heavy atom. The van der Waals surface area contributed by atoms with E-state index in [1.807, 2.05) is 13.0 Å². The van der Waals surface area contributed by atoms with Gasteiger partial charge >= 0.3 is 0 Å².